The van der Waals surface area contributed by atoms with Gasteiger partial charge in [0.1, 0.15) is 12.1 Å². The summed E-state index contributed by atoms with van der Waals surface area (Å²) in [5.41, 5.74) is 5.73. The molecule has 0 aromatic rings. The molecule has 2 aliphatic rings. The Morgan fingerprint density at radius 1 is 1.57 bits per heavy atom. The molecule has 1 amide bonds. The van der Waals surface area contributed by atoms with Gasteiger partial charge in [0.2, 0.25) is 5.91 Å². The van der Waals surface area contributed by atoms with Crippen molar-refractivity contribution in [1.29, 1.82) is 0 Å². The third kappa shape index (κ3) is 3.50. The third-order valence-corrected chi connectivity index (χ3v) is 5.52. The van der Waals surface area contributed by atoms with Crippen LogP contribution in [0.2, 0.25) is 0 Å². The van der Waals surface area contributed by atoms with Gasteiger partial charge in [-0.3, -0.25) is 14.9 Å². The van der Waals surface area contributed by atoms with Gasteiger partial charge in [-0.1, -0.05) is 0 Å². The minimum Gasteiger partial charge on any atom is -0.468 e. The van der Waals surface area contributed by atoms with Crippen molar-refractivity contribution in [1.82, 2.24) is 10.2 Å². The van der Waals surface area contributed by atoms with E-state index in [-0.39, 0.29) is 22.8 Å². The lowest BCUT2D eigenvalue weighted by Gasteiger charge is -2.41. The highest BCUT2D eigenvalue weighted by Crippen LogP contribution is 2.38. The Hall–Kier alpha value is -0.830. The van der Waals surface area contributed by atoms with Crippen molar-refractivity contribution in [3.05, 3.63) is 0 Å². The summed E-state index contributed by atoms with van der Waals surface area (Å²) in [7, 11) is 1.37. The molecule has 2 saturated heterocycles. The van der Waals surface area contributed by atoms with Crippen LogP contribution in [0.4, 0.5) is 0 Å². The summed E-state index contributed by atoms with van der Waals surface area (Å²) in [5, 5.41) is 12.8. The van der Waals surface area contributed by atoms with Crippen LogP contribution in [0, 0.1) is 0 Å². The lowest BCUT2D eigenvalue weighted by atomic mass is 10.0. The van der Waals surface area contributed by atoms with E-state index in [2.05, 4.69) is 5.32 Å². The van der Waals surface area contributed by atoms with Gasteiger partial charge in [-0.2, -0.15) is 0 Å². The van der Waals surface area contributed by atoms with Gasteiger partial charge < -0.3 is 20.5 Å². The van der Waals surface area contributed by atoms with Gasteiger partial charge in [0, 0.05) is 18.8 Å². The maximum atomic E-state index is 12.3. The van der Waals surface area contributed by atoms with E-state index in [0.29, 0.717) is 18.8 Å². The minimum atomic E-state index is -0.900. The van der Waals surface area contributed by atoms with Crippen LogP contribution in [-0.4, -0.2) is 70.9 Å². The van der Waals surface area contributed by atoms with Gasteiger partial charge in [0.15, 0.2) is 0 Å². The van der Waals surface area contributed by atoms with Gasteiger partial charge in [-0.15, -0.1) is 11.8 Å². The van der Waals surface area contributed by atoms with Crippen LogP contribution in [-0.2, 0) is 14.3 Å². The Balaban J connectivity index is 2.01. The molecule has 2 heterocycles. The van der Waals surface area contributed by atoms with Crippen LogP contribution in [0.15, 0.2) is 0 Å². The Kier molecular flexibility index (Phi) is 5.13. The van der Waals surface area contributed by atoms with E-state index >= 15 is 0 Å². The summed E-state index contributed by atoms with van der Waals surface area (Å²) in [6.07, 6.45) is 0.854. The first-order valence-electron chi connectivity index (χ1n) is 7.10. The molecule has 1 spiro atoms. The molecule has 8 heteroatoms. The Labute approximate surface area is 128 Å². The molecule has 0 saturated carbocycles. The first-order chi connectivity index (χ1) is 9.88. The highest BCUT2D eigenvalue weighted by molar-refractivity contribution is 8.01. The maximum absolute atomic E-state index is 12.3. The number of nitrogens with zero attached hydrogens (tertiary/aromatic N) is 1. The number of carbonyl (C=O) groups excluding carboxylic acids is 2. The molecule has 2 rings (SSSR count). The standard InChI is InChI=1S/C13H23N3O4S/c1-8(17)10(14)11(18)16-5-3-4-13(7-16)15-9(6-21-13)12(19)20-2/h8-10,15,17H,3-7,14H2,1-2H3/t8-,9+,10+,13?/m1/s1. The zero-order valence-electron chi connectivity index (χ0n) is 12.4. The van der Waals surface area contributed by atoms with Crippen molar-refractivity contribution >= 4 is 23.6 Å². The van der Waals surface area contributed by atoms with Crippen LogP contribution in [0.25, 0.3) is 0 Å². The number of thioether (sulfide) groups is 1. The van der Waals surface area contributed by atoms with E-state index in [9.17, 15) is 14.7 Å². The number of methoxy groups -OCH3 is 1. The molecule has 1 unspecified atom stereocenters. The summed E-state index contributed by atoms with van der Waals surface area (Å²) in [6.45, 7) is 2.63. The van der Waals surface area contributed by atoms with Gasteiger partial charge in [-0.25, -0.2) is 0 Å². The quantitative estimate of drug-likeness (QED) is 0.567. The number of hydrogen-bond acceptors (Lipinski definition) is 7. The van der Waals surface area contributed by atoms with Gasteiger partial charge in [0.25, 0.3) is 0 Å². The highest BCUT2D eigenvalue weighted by Gasteiger charge is 2.46. The molecule has 0 aliphatic carbocycles. The lowest BCUT2D eigenvalue weighted by molar-refractivity contribution is -0.142. The van der Waals surface area contributed by atoms with Gasteiger partial charge in [-0.05, 0) is 19.8 Å². The first kappa shape index (κ1) is 16.5. The Morgan fingerprint density at radius 2 is 2.29 bits per heavy atom. The molecule has 120 valence electrons. The molecule has 2 aliphatic heterocycles. The van der Waals surface area contributed by atoms with Crippen molar-refractivity contribution in [2.75, 3.05) is 26.0 Å². The number of esters is 1. The molecule has 0 bridgehead atoms. The van der Waals surface area contributed by atoms with E-state index in [1.54, 1.807) is 16.7 Å². The molecule has 0 aromatic heterocycles. The topological polar surface area (TPSA) is 105 Å². The van der Waals surface area contributed by atoms with Crippen LogP contribution in [0.5, 0.6) is 0 Å². The lowest BCUT2D eigenvalue weighted by Crippen LogP contribution is -2.59. The number of ether oxygens (including phenoxy) is 1. The Morgan fingerprint density at radius 3 is 2.90 bits per heavy atom. The molecule has 4 N–H and O–H groups in total. The fourth-order valence-electron chi connectivity index (χ4n) is 2.78. The minimum absolute atomic E-state index is 0.243. The van der Waals surface area contributed by atoms with Crippen LogP contribution >= 0.6 is 11.8 Å². The SMILES string of the molecule is COC(=O)[C@@H]1CSC2(CCCN(C(=O)[C@@H](N)[C@@H](C)O)C2)N1. The fraction of sp³-hybridized carbons (Fsp3) is 0.846. The summed E-state index contributed by atoms with van der Waals surface area (Å²) in [5.74, 6) is 0.119. The molecular formula is C13H23N3O4S. The summed E-state index contributed by atoms with van der Waals surface area (Å²) in [4.78, 5) is 25.3. The zero-order valence-corrected chi connectivity index (χ0v) is 13.2. The van der Waals surface area contributed by atoms with E-state index in [1.807, 2.05) is 0 Å². The van der Waals surface area contributed by atoms with Crippen LogP contribution < -0.4 is 11.1 Å². The largest absolute Gasteiger partial charge is 0.468 e. The zero-order chi connectivity index (χ0) is 15.6. The molecular weight excluding hydrogens is 294 g/mol. The second-order valence-corrected chi connectivity index (χ2v) is 7.06. The number of nitrogens with one attached hydrogen (secondary N) is 1. The molecule has 21 heavy (non-hydrogen) atoms. The predicted octanol–water partition coefficient (Wildman–Crippen LogP) is -1.11. The number of nitrogens with two attached hydrogens (primary N) is 1. The fourth-order valence-corrected chi connectivity index (χ4v) is 4.24. The van der Waals surface area contributed by atoms with Crippen LogP contribution in [0.1, 0.15) is 19.8 Å². The van der Waals surface area contributed by atoms with Crippen molar-refractivity contribution in [2.45, 2.75) is 42.8 Å². The van der Waals surface area contributed by atoms with E-state index in [0.717, 1.165) is 12.8 Å². The van der Waals surface area contributed by atoms with Crippen molar-refractivity contribution in [3.8, 4) is 0 Å². The smallest absolute Gasteiger partial charge is 0.323 e. The number of likely N-dealkylation sites (tertiary alicyclic amines) is 1. The van der Waals surface area contributed by atoms with Crippen molar-refractivity contribution in [2.24, 2.45) is 5.73 Å². The Bertz CT molecular complexity index is 420. The van der Waals surface area contributed by atoms with Crippen LogP contribution in [0.3, 0.4) is 0 Å². The molecule has 0 aromatic carbocycles. The number of rotatable bonds is 3. The maximum Gasteiger partial charge on any atom is 0.323 e. The summed E-state index contributed by atoms with van der Waals surface area (Å²) in [6, 6.07) is -1.23. The van der Waals surface area contributed by atoms with Crippen molar-refractivity contribution in [3.63, 3.8) is 0 Å². The second kappa shape index (κ2) is 6.51. The average molecular weight is 317 g/mol. The first-order valence-corrected chi connectivity index (χ1v) is 8.09. The number of aliphatic hydroxyl groups is 1. The van der Waals surface area contributed by atoms with E-state index in [4.69, 9.17) is 10.5 Å². The third-order valence-electron chi connectivity index (χ3n) is 4.02. The molecule has 4 atom stereocenters. The summed E-state index contributed by atoms with van der Waals surface area (Å²) < 4.78 is 4.76. The predicted molar refractivity (Wildman–Crippen MR) is 79.6 cm³/mol. The highest BCUT2D eigenvalue weighted by atomic mass is 32.2. The van der Waals surface area contributed by atoms with E-state index < -0.39 is 12.1 Å². The van der Waals surface area contributed by atoms with E-state index in [1.165, 1.54) is 14.0 Å². The second-order valence-electron chi connectivity index (χ2n) is 5.66. The number of amides is 1. The number of hydrogen-bond donors (Lipinski definition) is 3. The van der Waals surface area contributed by atoms with Gasteiger partial charge >= 0.3 is 5.97 Å². The molecule has 7 nitrogen and oxygen atoms in total. The number of piperidine rings is 1. The monoisotopic (exact) mass is 317 g/mol. The number of aliphatic hydroxyl groups excluding tert-OH is 1. The molecule has 0 radical (unpaired) electrons. The van der Waals surface area contributed by atoms with Gasteiger partial charge in [0.05, 0.1) is 18.1 Å². The van der Waals surface area contributed by atoms with Crippen molar-refractivity contribution < 1.29 is 19.4 Å². The molecule has 2 fully saturated rings. The summed E-state index contributed by atoms with van der Waals surface area (Å²) >= 11 is 1.65. The number of carbonyl (C=O) groups is 2. The normalized spacial score (nSPS) is 32.0. The average Bonchev–Trinajstić information content (AvgIpc) is 2.88.